The Morgan fingerprint density at radius 3 is 2.77 bits per heavy atom. The van der Waals surface area contributed by atoms with Gasteiger partial charge >= 0.3 is 0 Å². The molecule has 2 atom stereocenters. The van der Waals surface area contributed by atoms with E-state index in [2.05, 4.69) is 56.6 Å². The second-order valence-electron chi connectivity index (χ2n) is 6.99. The lowest BCUT2D eigenvalue weighted by atomic mass is 9.90. The molecule has 1 saturated heterocycles. The SMILES string of the molecule is Cc1nnc([C@H]2CCCN(Cc3cnnn3Cc3ccccc3)[C@H]2C)o1. The molecule has 1 aliphatic rings. The van der Waals surface area contributed by atoms with E-state index in [0.717, 1.165) is 44.1 Å². The third-order valence-electron chi connectivity index (χ3n) is 5.22. The van der Waals surface area contributed by atoms with E-state index >= 15 is 0 Å². The Labute approximate surface area is 153 Å². The normalized spacial score (nSPS) is 21.2. The van der Waals surface area contributed by atoms with Gasteiger partial charge in [0.2, 0.25) is 11.8 Å². The van der Waals surface area contributed by atoms with Gasteiger partial charge in [-0.05, 0) is 31.9 Å². The third-order valence-corrected chi connectivity index (χ3v) is 5.22. The van der Waals surface area contributed by atoms with Gasteiger partial charge < -0.3 is 4.42 Å². The maximum Gasteiger partial charge on any atom is 0.221 e. The van der Waals surface area contributed by atoms with E-state index in [1.54, 1.807) is 0 Å². The Balaban J connectivity index is 1.48. The van der Waals surface area contributed by atoms with Gasteiger partial charge in [0.25, 0.3) is 0 Å². The fourth-order valence-electron chi connectivity index (χ4n) is 3.73. The number of likely N-dealkylation sites (tertiary alicyclic amines) is 1. The molecule has 0 amide bonds. The molecule has 1 aromatic carbocycles. The lowest BCUT2D eigenvalue weighted by Crippen LogP contribution is -2.42. The second-order valence-corrected chi connectivity index (χ2v) is 6.99. The van der Waals surface area contributed by atoms with E-state index in [0.29, 0.717) is 11.9 Å². The number of benzene rings is 1. The molecule has 0 saturated carbocycles. The van der Waals surface area contributed by atoms with Gasteiger partial charge in [-0.15, -0.1) is 15.3 Å². The molecule has 0 unspecified atom stereocenters. The van der Waals surface area contributed by atoms with Crippen molar-refractivity contribution in [3.63, 3.8) is 0 Å². The molecule has 3 aromatic rings. The Kier molecular flexibility index (Phi) is 4.79. The van der Waals surface area contributed by atoms with Crippen LogP contribution < -0.4 is 0 Å². The summed E-state index contributed by atoms with van der Waals surface area (Å²) in [5, 5.41) is 16.7. The molecule has 26 heavy (non-hydrogen) atoms. The predicted octanol–water partition coefficient (Wildman–Crippen LogP) is 2.79. The van der Waals surface area contributed by atoms with Gasteiger partial charge in [-0.1, -0.05) is 35.5 Å². The number of hydrogen-bond acceptors (Lipinski definition) is 6. The maximum atomic E-state index is 5.70. The minimum atomic E-state index is 0.281. The van der Waals surface area contributed by atoms with Crippen molar-refractivity contribution < 1.29 is 4.42 Å². The topological polar surface area (TPSA) is 72.9 Å². The highest BCUT2D eigenvalue weighted by Gasteiger charge is 2.33. The van der Waals surface area contributed by atoms with Crippen LogP contribution in [0.3, 0.4) is 0 Å². The first-order valence-corrected chi connectivity index (χ1v) is 9.16. The summed E-state index contributed by atoms with van der Waals surface area (Å²) >= 11 is 0. The van der Waals surface area contributed by atoms with Crippen molar-refractivity contribution in [3.05, 3.63) is 59.6 Å². The summed E-state index contributed by atoms with van der Waals surface area (Å²) in [6.45, 7) is 6.71. The van der Waals surface area contributed by atoms with Gasteiger partial charge in [0.1, 0.15) is 0 Å². The van der Waals surface area contributed by atoms with Crippen molar-refractivity contribution in [1.82, 2.24) is 30.1 Å². The number of hydrogen-bond donors (Lipinski definition) is 0. The fourth-order valence-corrected chi connectivity index (χ4v) is 3.73. The number of aromatic nitrogens is 5. The number of nitrogens with zero attached hydrogens (tertiary/aromatic N) is 6. The van der Waals surface area contributed by atoms with Crippen LogP contribution in [-0.4, -0.2) is 42.7 Å². The molecule has 1 aliphatic heterocycles. The number of aryl methyl sites for hydroxylation is 1. The van der Waals surface area contributed by atoms with Crippen LogP contribution >= 0.6 is 0 Å². The lowest BCUT2D eigenvalue weighted by Gasteiger charge is -2.37. The zero-order valence-electron chi connectivity index (χ0n) is 15.2. The van der Waals surface area contributed by atoms with Crippen molar-refractivity contribution in [2.45, 2.75) is 51.7 Å². The van der Waals surface area contributed by atoms with Crippen molar-refractivity contribution in [3.8, 4) is 0 Å². The molecule has 3 heterocycles. The van der Waals surface area contributed by atoms with E-state index in [9.17, 15) is 0 Å². The van der Waals surface area contributed by atoms with E-state index in [-0.39, 0.29) is 5.92 Å². The maximum absolute atomic E-state index is 5.70. The van der Waals surface area contributed by atoms with Crippen LogP contribution in [0, 0.1) is 6.92 Å². The summed E-state index contributed by atoms with van der Waals surface area (Å²) < 4.78 is 7.69. The van der Waals surface area contributed by atoms with Crippen molar-refractivity contribution in [1.29, 1.82) is 0 Å². The Morgan fingerprint density at radius 1 is 1.15 bits per heavy atom. The third kappa shape index (κ3) is 3.53. The molecule has 1 fully saturated rings. The largest absolute Gasteiger partial charge is 0.425 e. The molecular weight excluding hydrogens is 328 g/mol. The summed E-state index contributed by atoms with van der Waals surface area (Å²) in [5.74, 6) is 1.67. The highest BCUT2D eigenvalue weighted by molar-refractivity contribution is 5.15. The van der Waals surface area contributed by atoms with Crippen LogP contribution in [0.5, 0.6) is 0 Å². The molecule has 0 spiro atoms. The minimum absolute atomic E-state index is 0.281. The highest BCUT2D eigenvalue weighted by Crippen LogP contribution is 2.32. The van der Waals surface area contributed by atoms with Crippen molar-refractivity contribution >= 4 is 0 Å². The number of piperidine rings is 1. The summed E-state index contributed by atoms with van der Waals surface area (Å²) in [6, 6.07) is 10.7. The zero-order chi connectivity index (χ0) is 17.9. The second kappa shape index (κ2) is 7.37. The lowest BCUT2D eigenvalue weighted by molar-refractivity contribution is 0.115. The van der Waals surface area contributed by atoms with Crippen LogP contribution in [-0.2, 0) is 13.1 Å². The molecule has 136 valence electrons. The molecule has 0 aliphatic carbocycles. The van der Waals surface area contributed by atoms with E-state index in [1.807, 2.05) is 23.9 Å². The Hall–Kier alpha value is -2.54. The average molecular weight is 352 g/mol. The molecule has 4 rings (SSSR count). The van der Waals surface area contributed by atoms with Gasteiger partial charge in [-0.25, -0.2) is 4.68 Å². The van der Waals surface area contributed by atoms with Crippen LogP contribution in [0.1, 0.15) is 48.7 Å². The Bertz CT molecular complexity index is 843. The summed E-state index contributed by atoms with van der Waals surface area (Å²) in [4.78, 5) is 2.47. The molecule has 0 N–H and O–H groups in total. The molecule has 0 radical (unpaired) electrons. The van der Waals surface area contributed by atoms with Gasteiger partial charge in [0.15, 0.2) is 0 Å². The van der Waals surface area contributed by atoms with E-state index in [4.69, 9.17) is 4.42 Å². The summed E-state index contributed by atoms with van der Waals surface area (Å²) in [5.41, 5.74) is 2.35. The minimum Gasteiger partial charge on any atom is -0.425 e. The zero-order valence-corrected chi connectivity index (χ0v) is 15.2. The smallest absolute Gasteiger partial charge is 0.221 e. The summed E-state index contributed by atoms with van der Waals surface area (Å²) in [7, 11) is 0. The van der Waals surface area contributed by atoms with Gasteiger partial charge in [-0.2, -0.15) is 0 Å². The van der Waals surface area contributed by atoms with Gasteiger partial charge in [0, 0.05) is 19.5 Å². The Morgan fingerprint density at radius 2 is 2.00 bits per heavy atom. The van der Waals surface area contributed by atoms with Crippen LogP contribution in [0.4, 0.5) is 0 Å². The summed E-state index contributed by atoms with van der Waals surface area (Å²) in [6.07, 6.45) is 4.08. The first kappa shape index (κ1) is 16.9. The van der Waals surface area contributed by atoms with Crippen molar-refractivity contribution in [2.75, 3.05) is 6.54 Å². The molecule has 7 nitrogen and oxygen atoms in total. The average Bonchev–Trinajstić information content (AvgIpc) is 3.27. The van der Waals surface area contributed by atoms with E-state index < -0.39 is 0 Å². The van der Waals surface area contributed by atoms with E-state index in [1.165, 1.54) is 5.56 Å². The predicted molar refractivity (Wildman–Crippen MR) is 96.4 cm³/mol. The first-order valence-electron chi connectivity index (χ1n) is 9.16. The standard InChI is InChI=1S/C19H24N6O/c1-14-18(19-22-21-15(2)26-19)9-6-10-24(14)13-17-11-20-23-25(17)12-16-7-4-3-5-8-16/h3-5,7-8,11,14,18H,6,9-10,12-13H2,1-2H3/t14-,18-/m0/s1. The highest BCUT2D eigenvalue weighted by atomic mass is 16.4. The van der Waals surface area contributed by atoms with Crippen LogP contribution in [0.15, 0.2) is 40.9 Å². The van der Waals surface area contributed by atoms with Crippen molar-refractivity contribution in [2.24, 2.45) is 0 Å². The van der Waals surface area contributed by atoms with Gasteiger partial charge in [-0.3, -0.25) is 4.90 Å². The van der Waals surface area contributed by atoms with Crippen LogP contribution in [0.2, 0.25) is 0 Å². The monoisotopic (exact) mass is 352 g/mol. The molecule has 7 heteroatoms. The fraction of sp³-hybridized carbons (Fsp3) is 0.474. The van der Waals surface area contributed by atoms with Crippen LogP contribution in [0.25, 0.3) is 0 Å². The molecular formula is C19H24N6O. The molecule has 0 bridgehead atoms. The van der Waals surface area contributed by atoms with Gasteiger partial charge in [0.05, 0.1) is 24.4 Å². The number of rotatable bonds is 5. The molecule has 2 aromatic heterocycles. The first-order chi connectivity index (χ1) is 12.7. The quantitative estimate of drug-likeness (QED) is 0.703.